The van der Waals surface area contributed by atoms with Gasteiger partial charge in [-0.1, -0.05) is 0 Å². The fourth-order valence-electron chi connectivity index (χ4n) is 4.44. The standard InChI is InChI=1S/C29H25FN4O5/c1-37-23-11-2-18(3-12-23)24-15-34(22-7-5-20(30)6-8-22)29(31-24)32-27(35)16-33(21-9-10-21)28(36)19-4-13-25-26(14-19)39-17-38-25/h2-8,11-15,21H,9-10,16-17H2,1H3,(H,31,32,35). The lowest BCUT2D eigenvalue weighted by atomic mass is 10.1. The van der Waals surface area contributed by atoms with E-state index < -0.39 is 5.91 Å². The van der Waals surface area contributed by atoms with Gasteiger partial charge >= 0.3 is 0 Å². The molecule has 1 fully saturated rings. The van der Waals surface area contributed by atoms with Gasteiger partial charge in [-0.25, -0.2) is 9.37 Å². The van der Waals surface area contributed by atoms with Crippen LogP contribution in [0, 0.1) is 5.82 Å². The summed E-state index contributed by atoms with van der Waals surface area (Å²) in [6, 6.07) is 18.2. The molecule has 2 aliphatic rings. The average Bonchev–Trinajstić information content (AvgIpc) is 3.54. The van der Waals surface area contributed by atoms with Crippen LogP contribution in [0.4, 0.5) is 10.3 Å². The smallest absolute Gasteiger partial charge is 0.254 e. The minimum Gasteiger partial charge on any atom is -0.497 e. The van der Waals surface area contributed by atoms with Crippen LogP contribution >= 0.6 is 0 Å². The molecule has 0 radical (unpaired) electrons. The molecule has 198 valence electrons. The van der Waals surface area contributed by atoms with Crippen LogP contribution in [0.2, 0.25) is 0 Å². The number of amides is 2. The zero-order valence-corrected chi connectivity index (χ0v) is 21.1. The van der Waals surface area contributed by atoms with E-state index in [1.165, 1.54) is 12.1 Å². The van der Waals surface area contributed by atoms with Crippen molar-refractivity contribution in [2.45, 2.75) is 18.9 Å². The number of nitrogens with one attached hydrogen (secondary N) is 1. The van der Waals surface area contributed by atoms with Crippen molar-refractivity contribution >= 4 is 17.8 Å². The summed E-state index contributed by atoms with van der Waals surface area (Å²) in [5.74, 6) is 1.03. The van der Waals surface area contributed by atoms with Crippen molar-refractivity contribution in [2.75, 3.05) is 25.8 Å². The number of hydrogen-bond donors (Lipinski definition) is 1. The van der Waals surface area contributed by atoms with Crippen molar-refractivity contribution in [3.8, 4) is 34.2 Å². The number of carbonyl (C=O) groups is 2. The maximum absolute atomic E-state index is 13.6. The number of fused-ring (bicyclic) bond motifs is 1. The van der Waals surface area contributed by atoms with E-state index in [4.69, 9.17) is 14.2 Å². The molecule has 1 aliphatic heterocycles. The number of methoxy groups -OCH3 is 1. The third kappa shape index (κ3) is 5.13. The number of rotatable bonds is 8. The number of nitrogens with zero attached hydrogens (tertiary/aromatic N) is 3. The molecule has 0 unspecified atom stereocenters. The molecule has 0 spiro atoms. The highest BCUT2D eigenvalue weighted by molar-refractivity contribution is 6.00. The minimum absolute atomic E-state index is 0.0135. The Balaban J connectivity index is 1.25. The molecular weight excluding hydrogens is 503 g/mol. The van der Waals surface area contributed by atoms with Gasteiger partial charge in [0.2, 0.25) is 18.6 Å². The van der Waals surface area contributed by atoms with Gasteiger partial charge in [-0.2, -0.15) is 0 Å². The fourth-order valence-corrected chi connectivity index (χ4v) is 4.44. The molecule has 2 heterocycles. The van der Waals surface area contributed by atoms with Crippen LogP contribution in [0.25, 0.3) is 16.9 Å². The second-order valence-corrected chi connectivity index (χ2v) is 9.31. The normalized spacial score (nSPS) is 13.7. The highest BCUT2D eigenvalue weighted by atomic mass is 19.1. The molecule has 0 saturated heterocycles. The summed E-state index contributed by atoms with van der Waals surface area (Å²) in [7, 11) is 1.59. The molecule has 1 aliphatic carbocycles. The van der Waals surface area contributed by atoms with E-state index in [1.54, 1.807) is 53.1 Å². The predicted octanol–water partition coefficient (Wildman–Crippen LogP) is 4.66. The molecule has 0 bridgehead atoms. The summed E-state index contributed by atoms with van der Waals surface area (Å²) in [6.45, 7) is -0.0347. The van der Waals surface area contributed by atoms with Crippen molar-refractivity contribution in [3.05, 3.63) is 84.3 Å². The van der Waals surface area contributed by atoms with Gasteiger partial charge in [0.05, 0.1) is 12.8 Å². The lowest BCUT2D eigenvalue weighted by Crippen LogP contribution is -2.39. The lowest BCUT2D eigenvalue weighted by molar-refractivity contribution is -0.117. The third-order valence-electron chi connectivity index (χ3n) is 6.63. The monoisotopic (exact) mass is 528 g/mol. The summed E-state index contributed by atoms with van der Waals surface area (Å²) in [5, 5.41) is 2.85. The zero-order valence-electron chi connectivity index (χ0n) is 21.1. The molecule has 1 saturated carbocycles. The van der Waals surface area contributed by atoms with Crippen LogP contribution < -0.4 is 19.5 Å². The molecule has 10 heteroatoms. The molecule has 3 aromatic carbocycles. The number of benzene rings is 3. The Morgan fingerprint density at radius 3 is 2.51 bits per heavy atom. The Morgan fingerprint density at radius 1 is 1.05 bits per heavy atom. The Bertz CT molecular complexity index is 1530. The van der Waals surface area contributed by atoms with Gasteiger partial charge in [-0.05, 0) is 79.6 Å². The zero-order chi connectivity index (χ0) is 26.9. The van der Waals surface area contributed by atoms with Crippen LogP contribution in [0.3, 0.4) is 0 Å². The summed E-state index contributed by atoms with van der Waals surface area (Å²) in [4.78, 5) is 32.8. The minimum atomic E-state index is -0.397. The molecule has 9 nitrogen and oxygen atoms in total. The number of anilines is 1. The van der Waals surface area contributed by atoms with Crippen molar-refractivity contribution in [1.29, 1.82) is 0 Å². The van der Waals surface area contributed by atoms with Gasteiger partial charge in [0.1, 0.15) is 18.1 Å². The predicted molar refractivity (Wildman–Crippen MR) is 141 cm³/mol. The van der Waals surface area contributed by atoms with Crippen molar-refractivity contribution in [1.82, 2.24) is 14.5 Å². The first-order valence-corrected chi connectivity index (χ1v) is 12.5. The van der Waals surface area contributed by atoms with Gasteiger partial charge in [-0.3, -0.25) is 19.5 Å². The Hall–Kier alpha value is -4.86. The Labute approximate surface area is 223 Å². The van der Waals surface area contributed by atoms with Gasteiger partial charge in [-0.15, -0.1) is 0 Å². The van der Waals surface area contributed by atoms with Crippen LogP contribution in [-0.4, -0.2) is 52.8 Å². The van der Waals surface area contributed by atoms with Crippen LogP contribution in [0.1, 0.15) is 23.2 Å². The van der Waals surface area contributed by atoms with Crippen LogP contribution in [0.5, 0.6) is 17.2 Å². The van der Waals surface area contributed by atoms with Gasteiger partial charge in [0.25, 0.3) is 5.91 Å². The summed E-state index contributed by atoms with van der Waals surface area (Å²) >= 11 is 0. The molecule has 39 heavy (non-hydrogen) atoms. The van der Waals surface area contributed by atoms with Gasteiger partial charge in [0, 0.05) is 29.1 Å². The Kier molecular flexibility index (Phi) is 6.36. The number of halogens is 1. The summed E-state index contributed by atoms with van der Waals surface area (Å²) < 4.78 is 31.3. The molecule has 6 rings (SSSR count). The first-order valence-electron chi connectivity index (χ1n) is 12.5. The summed E-state index contributed by atoms with van der Waals surface area (Å²) in [6.07, 6.45) is 3.42. The number of aromatic nitrogens is 2. The van der Waals surface area contributed by atoms with Crippen molar-refractivity contribution in [3.63, 3.8) is 0 Å². The number of carbonyl (C=O) groups excluding carboxylic acids is 2. The van der Waals surface area contributed by atoms with Crippen molar-refractivity contribution < 1.29 is 28.2 Å². The average molecular weight is 529 g/mol. The van der Waals surface area contributed by atoms with Crippen molar-refractivity contribution in [2.24, 2.45) is 0 Å². The number of imidazole rings is 1. The van der Waals surface area contributed by atoms with Crippen LogP contribution in [-0.2, 0) is 4.79 Å². The molecule has 4 aromatic rings. The highest BCUT2D eigenvalue weighted by Gasteiger charge is 2.35. The van der Waals surface area contributed by atoms with E-state index >= 15 is 0 Å². The summed E-state index contributed by atoms with van der Waals surface area (Å²) in [5.41, 5.74) is 2.46. The third-order valence-corrected chi connectivity index (χ3v) is 6.63. The van der Waals surface area contributed by atoms with E-state index in [9.17, 15) is 14.0 Å². The van der Waals surface area contributed by atoms with Crippen LogP contribution in [0.15, 0.2) is 72.9 Å². The molecule has 1 aromatic heterocycles. The number of ether oxygens (including phenoxy) is 3. The van der Waals surface area contributed by atoms with Gasteiger partial charge < -0.3 is 19.1 Å². The van der Waals surface area contributed by atoms with E-state index in [2.05, 4.69) is 10.3 Å². The molecule has 0 atom stereocenters. The first-order chi connectivity index (χ1) is 19.0. The first kappa shape index (κ1) is 24.5. The molecular formula is C29H25FN4O5. The lowest BCUT2D eigenvalue weighted by Gasteiger charge is -2.22. The topological polar surface area (TPSA) is 94.9 Å². The van der Waals surface area contributed by atoms with E-state index in [0.29, 0.717) is 34.2 Å². The molecule has 1 N–H and O–H groups in total. The second kappa shape index (κ2) is 10.1. The fraction of sp³-hybridized carbons (Fsp3) is 0.207. The number of hydrogen-bond acceptors (Lipinski definition) is 6. The second-order valence-electron chi connectivity index (χ2n) is 9.31. The molecule has 2 amide bonds. The van der Waals surface area contributed by atoms with Gasteiger partial charge in [0.15, 0.2) is 11.5 Å². The SMILES string of the molecule is COc1ccc(-c2cn(-c3ccc(F)cc3)c(NC(=O)CN(C(=O)c3ccc4c(c3)OCO4)C3CC3)n2)cc1. The maximum atomic E-state index is 13.6. The highest BCUT2D eigenvalue weighted by Crippen LogP contribution is 2.34. The van der Waals surface area contributed by atoms with E-state index in [0.717, 1.165) is 18.4 Å². The maximum Gasteiger partial charge on any atom is 0.254 e. The van der Waals surface area contributed by atoms with E-state index in [1.807, 2.05) is 24.3 Å². The largest absolute Gasteiger partial charge is 0.497 e. The van der Waals surface area contributed by atoms with E-state index in [-0.39, 0.29) is 37.1 Å². The quantitative estimate of drug-likeness (QED) is 0.358. The Morgan fingerprint density at radius 2 is 1.79 bits per heavy atom.